The van der Waals surface area contributed by atoms with Gasteiger partial charge in [0.1, 0.15) is 0 Å². The van der Waals surface area contributed by atoms with Crippen molar-refractivity contribution in [2.45, 2.75) is 25.2 Å². The molecular formula is C16H18ClNO3S2. The van der Waals surface area contributed by atoms with Crippen molar-refractivity contribution in [3.8, 4) is 0 Å². The van der Waals surface area contributed by atoms with Gasteiger partial charge in [0.25, 0.3) is 10.0 Å². The molecule has 124 valence electrons. The first-order chi connectivity index (χ1) is 10.7. The largest absolute Gasteiger partial charge is 0.283 e. The number of aryl methyl sites for hydroxylation is 1. The fourth-order valence-electron chi connectivity index (χ4n) is 2.07. The minimum Gasteiger partial charge on any atom is -0.283 e. The molecule has 0 bridgehead atoms. The summed E-state index contributed by atoms with van der Waals surface area (Å²) >= 11 is 6.16. The molecule has 1 atom stereocenters. The van der Waals surface area contributed by atoms with E-state index in [4.69, 9.17) is 11.6 Å². The highest BCUT2D eigenvalue weighted by atomic mass is 35.5. The van der Waals surface area contributed by atoms with E-state index in [2.05, 4.69) is 4.72 Å². The van der Waals surface area contributed by atoms with Crippen LogP contribution in [0.4, 0.5) is 0 Å². The van der Waals surface area contributed by atoms with Gasteiger partial charge in [0.2, 0.25) is 0 Å². The molecule has 0 heterocycles. The van der Waals surface area contributed by atoms with E-state index in [0.29, 0.717) is 15.6 Å². The summed E-state index contributed by atoms with van der Waals surface area (Å²) in [5.41, 5.74) is 2.13. The van der Waals surface area contributed by atoms with Gasteiger partial charge in [-0.05, 0) is 43.7 Å². The Morgan fingerprint density at radius 3 is 2.30 bits per heavy atom. The van der Waals surface area contributed by atoms with Crippen molar-refractivity contribution >= 4 is 32.4 Å². The molecule has 0 fully saturated rings. The van der Waals surface area contributed by atoms with Crippen molar-refractivity contribution in [3.05, 3.63) is 63.2 Å². The summed E-state index contributed by atoms with van der Waals surface area (Å²) in [6.45, 7) is 3.68. The second kappa shape index (κ2) is 7.03. The van der Waals surface area contributed by atoms with Crippen LogP contribution in [0.3, 0.4) is 0 Å². The molecule has 2 rings (SSSR count). The van der Waals surface area contributed by atoms with Crippen LogP contribution in [-0.4, -0.2) is 18.9 Å². The third-order valence-corrected chi connectivity index (χ3v) is 6.22. The lowest BCUT2D eigenvalue weighted by molar-refractivity contribution is 0.588. The van der Waals surface area contributed by atoms with Crippen LogP contribution >= 0.6 is 11.6 Å². The Kier molecular flexibility index (Phi) is 5.49. The van der Waals surface area contributed by atoms with Gasteiger partial charge in [0, 0.05) is 39.1 Å². The molecule has 1 aliphatic rings. The van der Waals surface area contributed by atoms with Gasteiger partial charge in [-0.25, -0.2) is 8.42 Å². The van der Waals surface area contributed by atoms with Crippen molar-refractivity contribution in [3.63, 3.8) is 0 Å². The normalized spacial score (nSPS) is 17.2. The molecule has 1 aromatic rings. The van der Waals surface area contributed by atoms with E-state index in [9.17, 15) is 12.6 Å². The Bertz CT molecular complexity index is 835. The molecule has 0 saturated heterocycles. The third-order valence-electron chi connectivity index (χ3n) is 3.39. The molecule has 0 amide bonds. The summed E-state index contributed by atoms with van der Waals surface area (Å²) in [7, 11) is -4.91. The SMILES string of the molecule is CC1=C(Cl)C=C(NS(=O)(=O)c2ccc(C)cc2)CC(S(C)=O)=C1. The average molecular weight is 372 g/mol. The van der Waals surface area contributed by atoms with E-state index in [-0.39, 0.29) is 11.3 Å². The van der Waals surface area contributed by atoms with Gasteiger partial charge in [-0.2, -0.15) is 0 Å². The molecule has 4 nitrogen and oxygen atoms in total. The Morgan fingerprint density at radius 1 is 1.13 bits per heavy atom. The molecular weight excluding hydrogens is 354 g/mol. The number of hydrogen-bond donors (Lipinski definition) is 1. The Balaban J connectivity index is 2.35. The maximum atomic E-state index is 12.5. The van der Waals surface area contributed by atoms with Crippen LogP contribution in [-0.2, 0) is 20.8 Å². The van der Waals surface area contributed by atoms with Crippen LogP contribution in [0.5, 0.6) is 0 Å². The number of rotatable bonds is 4. The average Bonchev–Trinajstić information content (AvgIpc) is 2.58. The predicted octanol–water partition coefficient (Wildman–Crippen LogP) is 3.34. The quantitative estimate of drug-likeness (QED) is 0.882. The lowest BCUT2D eigenvalue weighted by atomic mass is 10.2. The van der Waals surface area contributed by atoms with Crippen molar-refractivity contribution in [1.82, 2.24) is 4.72 Å². The molecule has 0 saturated carbocycles. The predicted molar refractivity (Wildman–Crippen MR) is 94.9 cm³/mol. The third kappa shape index (κ3) is 4.56. The van der Waals surface area contributed by atoms with E-state index in [1.807, 2.05) is 6.92 Å². The van der Waals surface area contributed by atoms with E-state index in [1.165, 1.54) is 0 Å². The molecule has 0 aromatic heterocycles. The summed E-state index contributed by atoms with van der Waals surface area (Å²) < 4.78 is 39.3. The molecule has 1 aromatic carbocycles. The first-order valence-electron chi connectivity index (χ1n) is 6.89. The summed E-state index contributed by atoms with van der Waals surface area (Å²) in [6, 6.07) is 6.57. The highest BCUT2D eigenvalue weighted by Gasteiger charge is 2.19. The zero-order valence-electron chi connectivity index (χ0n) is 13.1. The molecule has 0 spiro atoms. The Morgan fingerprint density at radius 2 is 1.74 bits per heavy atom. The van der Waals surface area contributed by atoms with Gasteiger partial charge in [-0.15, -0.1) is 0 Å². The lowest BCUT2D eigenvalue weighted by Crippen LogP contribution is -2.23. The van der Waals surface area contributed by atoms with Gasteiger partial charge in [0.15, 0.2) is 0 Å². The van der Waals surface area contributed by atoms with Crippen LogP contribution < -0.4 is 4.72 Å². The minimum absolute atomic E-state index is 0.174. The monoisotopic (exact) mass is 371 g/mol. The van der Waals surface area contributed by atoms with E-state index >= 15 is 0 Å². The van der Waals surface area contributed by atoms with Crippen molar-refractivity contribution < 1.29 is 12.6 Å². The van der Waals surface area contributed by atoms with Crippen molar-refractivity contribution in [2.75, 3.05) is 6.26 Å². The summed E-state index contributed by atoms with van der Waals surface area (Å²) in [4.78, 5) is 0.796. The van der Waals surface area contributed by atoms with Crippen LogP contribution in [0.1, 0.15) is 18.9 Å². The standard InChI is InChI=1S/C16H18ClNO3S2/c1-11-4-6-15(7-5-11)23(20,21)18-13-9-14(22(3)19)8-12(2)16(17)10-13/h4-8,10,18H,9H2,1-3H3. The Hall–Kier alpha value is -1.37. The molecule has 1 aliphatic carbocycles. The maximum Gasteiger partial charge on any atom is 0.261 e. The van der Waals surface area contributed by atoms with E-state index in [0.717, 1.165) is 11.1 Å². The van der Waals surface area contributed by atoms with E-state index < -0.39 is 20.8 Å². The first-order valence-corrected chi connectivity index (χ1v) is 10.3. The second-order valence-corrected chi connectivity index (χ2v) is 8.88. The van der Waals surface area contributed by atoms with Gasteiger partial charge in [0.05, 0.1) is 4.90 Å². The topological polar surface area (TPSA) is 63.2 Å². The molecule has 7 heteroatoms. The number of nitrogens with one attached hydrogen (secondary N) is 1. The molecule has 1 unspecified atom stereocenters. The maximum absolute atomic E-state index is 12.5. The lowest BCUT2D eigenvalue weighted by Gasteiger charge is -2.12. The molecule has 0 aliphatic heterocycles. The zero-order valence-corrected chi connectivity index (χ0v) is 15.5. The number of hydrogen-bond acceptors (Lipinski definition) is 3. The van der Waals surface area contributed by atoms with Crippen LogP contribution in [0, 0.1) is 6.92 Å². The minimum atomic E-state index is -3.71. The summed E-state index contributed by atoms with van der Waals surface area (Å²) in [5.74, 6) is 0. The van der Waals surface area contributed by atoms with Gasteiger partial charge in [-0.3, -0.25) is 8.93 Å². The molecule has 23 heavy (non-hydrogen) atoms. The van der Waals surface area contributed by atoms with E-state index in [1.54, 1.807) is 49.6 Å². The number of sulfonamides is 1. The number of halogens is 1. The van der Waals surface area contributed by atoms with Gasteiger partial charge >= 0.3 is 0 Å². The molecule has 0 radical (unpaired) electrons. The van der Waals surface area contributed by atoms with Gasteiger partial charge < -0.3 is 0 Å². The summed E-state index contributed by atoms with van der Waals surface area (Å²) in [5, 5.41) is 0.423. The fraction of sp³-hybridized carbons (Fsp3) is 0.250. The fourth-order valence-corrected chi connectivity index (χ4v) is 4.04. The zero-order chi connectivity index (χ0) is 17.2. The van der Waals surface area contributed by atoms with Crippen LogP contribution in [0.2, 0.25) is 0 Å². The molecule has 1 N–H and O–H groups in total. The number of benzene rings is 1. The second-order valence-electron chi connectivity index (χ2n) is 5.36. The highest BCUT2D eigenvalue weighted by Crippen LogP contribution is 2.26. The van der Waals surface area contributed by atoms with Crippen LogP contribution in [0.15, 0.2) is 62.5 Å². The smallest absolute Gasteiger partial charge is 0.261 e. The van der Waals surface area contributed by atoms with Crippen molar-refractivity contribution in [1.29, 1.82) is 0 Å². The number of allylic oxidation sites excluding steroid dienone is 5. The van der Waals surface area contributed by atoms with Crippen molar-refractivity contribution in [2.24, 2.45) is 0 Å². The first kappa shape index (κ1) is 18.0. The Labute approximate surface area is 144 Å². The summed E-state index contributed by atoms with van der Waals surface area (Å²) in [6.07, 6.45) is 5.10. The van der Waals surface area contributed by atoms with Gasteiger partial charge in [-0.1, -0.05) is 29.3 Å². The highest BCUT2D eigenvalue weighted by molar-refractivity contribution is 7.89. The van der Waals surface area contributed by atoms with Crippen LogP contribution in [0.25, 0.3) is 0 Å².